The Balaban J connectivity index is 1.76. The molecule has 5 heterocycles. The summed E-state index contributed by atoms with van der Waals surface area (Å²) in [6, 6.07) is 4.00. The average molecular weight is 351 g/mol. The molecule has 1 saturated heterocycles. The minimum Gasteiger partial charge on any atom is -0.378 e. The topological polar surface area (TPSA) is 66.9 Å². The van der Waals surface area contributed by atoms with E-state index in [1.165, 1.54) is 5.56 Å². The first kappa shape index (κ1) is 14.8. The Morgan fingerprint density at radius 1 is 1.20 bits per heavy atom. The van der Waals surface area contributed by atoms with E-state index in [4.69, 9.17) is 14.7 Å². The summed E-state index contributed by atoms with van der Waals surface area (Å²) in [7, 11) is 0. The standard InChI is InChI=1S/C18H17N5OS/c1-11-10-25-16-14(11)21-17(22-18(16)23-6-8-24-9-7-23)15-12-2-4-19-13(12)3-5-20-15/h2-5,10,19H,6-9H2,1H3. The third kappa shape index (κ3) is 2.39. The maximum absolute atomic E-state index is 5.50. The van der Waals surface area contributed by atoms with E-state index >= 15 is 0 Å². The SMILES string of the molecule is Cc1csc2c(N3CCOCC3)nc(-c3nccc4[nH]ccc34)nc12. The Kier molecular flexibility index (Phi) is 3.43. The smallest absolute Gasteiger partial charge is 0.181 e. The summed E-state index contributed by atoms with van der Waals surface area (Å²) in [6.07, 6.45) is 3.73. The number of thiophene rings is 1. The number of aryl methyl sites for hydroxylation is 1. The van der Waals surface area contributed by atoms with E-state index in [9.17, 15) is 0 Å². The van der Waals surface area contributed by atoms with Crippen molar-refractivity contribution < 1.29 is 4.74 Å². The molecule has 1 fully saturated rings. The normalized spacial score (nSPS) is 15.3. The molecule has 7 heteroatoms. The van der Waals surface area contributed by atoms with E-state index in [1.54, 1.807) is 17.5 Å². The number of anilines is 1. The van der Waals surface area contributed by atoms with Crippen LogP contribution in [0.5, 0.6) is 0 Å². The fraction of sp³-hybridized carbons (Fsp3) is 0.278. The Labute approximate surface area is 148 Å². The van der Waals surface area contributed by atoms with Crippen LogP contribution in [-0.2, 0) is 4.74 Å². The number of nitrogens with one attached hydrogen (secondary N) is 1. The number of fused-ring (bicyclic) bond motifs is 2. The van der Waals surface area contributed by atoms with Crippen LogP contribution in [-0.4, -0.2) is 46.2 Å². The fourth-order valence-electron chi connectivity index (χ4n) is 3.27. The molecular weight excluding hydrogens is 334 g/mol. The Bertz CT molecular complexity index is 1060. The molecule has 0 bridgehead atoms. The van der Waals surface area contributed by atoms with Crippen LogP contribution in [0, 0.1) is 6.92 Å². The van der Waals surface area contributed by atoms with Gasteiger partial charge in [-0.15, -0.1) is 11.3 Å². The van der Waals surface area contributed by atoms with E-state index < -0.39 is 0 Å². The van der Waals surface area contributed by atoms with Crippen molar-refractivity contribution in [2.45, 2.75) is 6.92 Å². The van der Waals surface area contributed by atoms with E-state index in [1.807, 2.05) is 18.3 Å². The molecule has 0 spiro atoms. The lowest BCUT2D eigenvalue weighted by Gasteiger charge is -2.28. The van der Waals surface area contributed by atoms with Crippen molar-refractivity contribution >= 4 is 38.3 Å². The lowest BCUT2D eigenvalue weighted by molar-refractivity contribution is 0.122. The molecular formula is C18H17N5OS. The van der Waals surface area contributed by atoms with Crippen LogP contribution in [0.4, 0.5) is 5.82 Å². The summed E-state index contributed by atoms with van der Waals surface area (Å²) < 4.78 is 6.65. The molecule has 0 amide bonds. The zero-order valence-corrected chi connectivity index (χ0v) is 14.6. The third-order valence-electron chi connectivity index (χ3n) is 4.58. The van der Waals surface area contributed by atoms with Gasteiger partial charge < -0.3 is 14.6 Å². The van der Waals surface area contributed by atoms with E-state index in [0.29, 0.717) is 5.82 Å². The summed E-state index contributed by atoms with van der Waals surface area (Å²) in [4.78, 5) is 19.9. The number of nitrogens with zero attached hydrogens (tertiary/aromatic N) is 4. The van der Waals surface area contributed by atoms with Crippen molar-refractivity contribution in [2.75, 3.05) is 31.2 Å². The van der Waals surface area contributed by atoms with Crippen molar-refractivity contribution in [3.8, 4) is 11.5 Å². The number of rotatable bonds is 2. The summed E-state index contributed by atoms with van der Waals surface area (Å²) in [5, 5.41) is 3.19. The van der Waals surface area contributed by atoms with Crippen molar-refractivity contribution in [2.24, 2.45) is 0 Å². The second kappa shape index (κ2) is 5.79. The maximum Gasteiger partial charge on any atom is 0.181 e. The van der Waals surface area contributed by atoms with Gasteiger partial charge in [-0.25, -0.2) is 9.97 Å². The van der Waals surface area contributed by atoms with Gasteiger partial charge in [-0.1, -0.05) is 0 Å². The highest BCUT2D eigenvalue weighted by molar-refractivity contribution is 7.18. The van der Waals surface area contributed by atoms with Gasteiger partial charge in [-0.2, -0.15) is 0 Å². The zero-order valence-electron chi connectivity index (χ0n) is 13.8. The van der Waals surface area contributed by atoms with Crippen LogP contribution >= 0.6 is 11.3 Å². The van der Waals surface area contributed by atoms with Gasteiger partial charge >= 0.3 is 0 Å². The first-order valence-electron chi connectivity index (χ1n) is 8.32. The molecule has 25 heavy (non-hydrogen) atoms. The number of aromatic nitrogens is 4. The Hall–Kier alpha value is -2.51. The molecule has 1 N–H and O–H groups in total. The second-order valence-corrected chi connectivity index (χ2v) is 7.04. The highest BCUT2D eigenvalue weighted by Gasteiger charge is 2.21. The highest BCUT2D eigenvalue weighted by Crippen LogP contribution is 2.35. The quantitative estimate of drug-likeness (QED) is 0.600. The van der Waals surface area contributed by atoms with Gasteiger partial charge in [0.05, 0.1) is 23.4 Å². The molecule has 0 saturated carbocycles. The lowest BCUT2D eigenvalue weighted by atomic mass is 10.2. The van der Waals surface area contributed by atoms with Crippen molar-refractivity contribution in [1.29, 1.82) is 0 Å². The summed E-state index contributed by atoms with van der Waals surface area (Å²) in [5.41, 5.74) is 4.06. The largest absolute Gasteiger partial charge is 0.378 e. The molecule has 0 radical (unpaired) electrons. The van der Waals surface area contributed by atoms with Gasteiger partial charge in [0.1, 0.15) is 5.69 Å². The Morgan fingerprint density at radius 2 is 2.08 bits per heavy atom. The molecule has 4 aromatic rings. The first-order valence-corrected chi connectivity index (χ1v) is 9.20. The van der Waals surface area contributed by atoms with Crippen LogP contribution in [0.25, 0.3) is 32.6 Å². The number of H-pyrrole nitrogens is 1. The predicted octanol–water partition coefficient (Wildman–Crippen LogP) is 3.38. The van der Waals surface area contributed by atoms with E-state index in [2.05, 4.69) is 27.2 Å². The van der Waals surface area contributed by atoms with Crippen molar-refractivity contribution in [1.82, 2.24) is 19.9 Å². The van der Waals surface area contributed by atoms with Crippen LogP contribution in [0.1, 0.15) is 5.56 Å². The fourth-order valence-corrected chi connectivity index (χ4v) is 4.28. The zero-order chi connectivity index (χ0) is 16.8. The van der Waals surface area contributed by atoms with Gasteiger partial charge in [-0.3, -0.25) is 4.98 Å². The average Bonchev–Trinajstić information content (AvgIpc) is 3.28. The molecule has 1 aliphatic rings. The van der Waals surface area contributed by atoms with Gasteiger partial charge in [0, 0.05) is 36.4 Å². The highest BCUT2D eigenvalue weighted by atomic mass is 32.1. The summed E-state index contributed by atoms with van der Waals surface area (Å²) in [6.45, 7) is 5.27. The number of hydrogen-bond donors (Lipinski definition) is 1. The van der Waals surface area contributed by atoms with E-state index in [0.717, 1.165) is 58.9 Å². The number of pyridine rings is 1. The van der Waals surface area contributed by atoms with Gasteiger partial charge in [0.15, 0.2) is 11.6 Å². The minimum atomic E-state index is 0.681. The summed E-state index contributed by atoms with van der Waals surface area (Å²) >= 11 is 1.71. The predicted molar refractivity (Wildman–Crippen MR) is 100 cm³/mol. The molecule has 0 atom stereocenters. The molecule has 1 aliphatic heterocycles. The van der Waals surface area contributed by atoms with Crippen LogP contribution in [0.3, 0.4) is 0 Å². The number of aromatic amines is 1. The van der Waals surface area contributed by atoms with Crippen molar-refractivity contribution in [3.05, 3.63) is 35.5 Å². The van der Waals surface area contributed by atoms with E-state index in [-0.39, 0.29) is 0 Å². The Morgan fingerprint density at radius 3 is 2.96 bits per heavy atom. The minimum absolute atomic E-state index is 0.681. The maximum atomic E-state index is 5.50. The molecule has 0 unspecified atom stereocenters. The molecule has 126 valence electrons. The van der Waals surface area contributed by atoms with Gasteiger partial charge in [0.2, 0.25) is 0 Å². The van der Waals surface area contributed by atoms with Crippen LogP contribution in [0.2, 0.25) is 0 Å². The lowest BCUT2D eigenvalue weighted by Crippen LogP contribution is -2.36. The monoisotopic (exact) mass is 351 g/mol. The van der Waals surface area contributed by atoms with Crippen molar-refractivity contribution in [3.63, 3.8) is 0 Å². The van der Waals surface area contributed by atoms with Gasteiger partial charge in [0.25, 0.3) is 0 Å². The molecule has 5 rings (SSSR count). The molecule has 0 aliphatic carbocycles. The van der Waals surface area contributed by atoms with Gasteiger partial charge in [-0.05, 0) is 30.0 Å². The summed E-state index contributed by atoms with van der Waals surface area (Å²) in [5.74, 6) is 1.68. The molecule has 4 aromatic heterocycles. The first-order chi connectivity index (χ1) is 12.3. The second-order valence-electron chi connectivity index (χ2n) is 6.17. The molecule has 6 nitrogen and oxygen atoms in total. The van der Waals surface area contributed by atoms with Crippen LogP contribution < -0.4 is 4.90 Å². The third-order valence-corrected chi connectivity index (χ3v) is 5.66. The number of ether oxygens (including phenoxy) is 1. The number of hydrogen-bond acceptors (Lipinski definition) is 6. The number of morpholine rings is 1. The van der Waals surface area contributed by atoms with Crippen LogP contribution in [0.15, 0.2) is 29.9 Å². The molecule has 0 aromatic carbocycles.